The topological polar surface area (TPSA) is 88.9 Å². The number of nitrogens with zero attached hydrogens (tertiary/aromatic N) is 3. The van der Waals surface area contributed by atoms with Crippen molar-refractivity contribution in [2.24, 2.45) is 0 Å². The molecule has 2 aliphatic rings. The van der Waals surface area contributed by atoms with Gasteiger partial charge in [0.2, 0.25) is 15.9 Å². The highest BCUT2D eigenvalue weighted by atomic mass is 32.2. The molecule has 0 N–H and O–H groups in total. The number of carbonyl (C=O) groups is 1. The zero-order valence-corrected chi connectivity index (χ0v) is 19.0. The van der Waals surface area contributed by atoms with Crippen LogP contribution in [0.4, 0.5) is 0 Å². The lowest BCUT2D eigenvalue weighted by molar-refractivity contribution is -0.135. The molecule has 0 aliphatic carbocycles. The highest BCUT2D eigenvalue weighted by Gasteiger charge is 2.29. The summed E-state index contributed by atoms with van der Waals surface area (Å²) in [7, 11) is -3.70. The second kappa shape index (κ2) is 8.43. The van der Waals surface area contributed by atoms with E-state index in [0.29, 0.717) is 56.0 Å². The molecule has 3 heterocycles. The van der Waals surface area contributed by atoms with Crippen LogP contribution in [-0.4, -0.2) is 60.9 Å². The van der Waals surface area contributed by atoms with Gasteiger partial charge in [-0.1, -0.05) is 35.6 Å². The minimum absolute atomic E-state index is 0.0617. The number of hydrogen-bond acceptors (Lipinski definition) is 6. The summed E-state index contributed by atoms with van der Waals surface area (Å²) >= 11 is 0.962. The van der Waals surface area contributed by atoms with Gasteiger partial charge >= 0.3 is 4.87 Å². The average Bonchev–Trinajstić information content (AvgIpc) is 3.13. The van der Waals surface area contributed by atoms with Crippen LogP contribution in [-0.2, 0) is 39.1 Å². The fourth-order valence-corrected chi connectivity index (χ4v) is 6.68. The van der Waals surface area contributed by atoms with Crippen molar-refractivity contribution in [3.8, 4) is 0 Å². The molecule has 1 aromatic heterocycles. The molecule has 0 radical (unpaired) electrons. The van der Waals surface area contributed by atoms with Gasteiger partial charge in [-0.2, -0.15) is 4.31 Å². The van der Waals surface area contributed by atoms with Crippen LogP contribution < -0.4 is 4.87 Å². The first-order valence-corrected chi connectivity index (χ1v) is 12.7. The predicted molar refractivity (Wildman–Crippen MR) is 121 cm³/mol. The molecule has 2 aromatic carbocycles. The largest absolute Gasteiger partial charge is 0.378 e. The van der Waals surface area contributed by atoms with E-state index in [1.165, 1.54) is 20.5 Å². The first kappa shape index (κ1) is 21.3. The standard InChI is InChI=1S/C22H23N3O5S2/c26-21(23-9-11-30-12-10-23)15-25-19-6-5-18(13-20(19)31-22(25)27)32(28,29)24-8-7-16-3-1-2-4-17(16)14-24/h1-6,13H,7-12,14-15H2. The molecule has 168 valence electrons. The quantitative estimate of drug-likeness (QED) is 0.575. The summed E-state index contributed by atoms with van der Waals surface area (Å²) in [5.41, 5.74) is 2.76. The summed E-state index contributed by atoms with van der Waals surface area (Å²) in [5.74, 6) is -0.140. The Bertz CT molecular complexity index is 1340. The summed E-state index contributed by atoms with van der Waals surface area (Å²) in [6, 6.07) is 12.6. The molecule has 0 unspecified atom stereocenters. The normalized spacial score (nSPS) is 17.4. The minimum atomic E-state index is -3.70. The van der Waals surface area contributed by atoms with Crippen molar-refractivity contribution in [3.63, 3.8) is 0 Å². The first-order valence-electron chi connectivity index (χ1n) is 10.5. The zero-order valence-electron chi connectivity index (χ0n) is 17.4. The Morgan fingerprint density at radius 1 is 1.03 bits per heavy atom. The number of rotatable bonds is 4. The molecule has 0 bridgehead atoms. The Kier molecular flexibility index (Phi) is 5.62. The predicted octanol–water partition coefficient (Wildman–Crippen LogP) is 1.67. The monoisotopic (exact) mass is 473 g/mol. The van der Waals surface area contributed by atoms with Crippen LogP contribution in [0.1, 0.15) is 11.1 Å². The summed E-state index contributed by atoms with van der Waals surface area (Å²) in [6.45, 7) is 2.70. The van der Waals surface area contributed by atoms with Crippen LogP contribution in [0.15, 0.2) is 52.2 Å². The van der Waals surface area contributed by atoms with E-state index in [0.717, 1.165) is 16.9 Å². The number of sulfonamides is 1. The number of amides is 1. The number of thiazole rings is 1. The fourth-order valence-electron chi connectivity index (χ4n) is 4.23. The Morgan fingerprint density at radius 3 is 2.56 bits per heavy atom. The molecular weight excluding hydrogens is 450 g/mol. The zero-order chi connectivity index (χ0) is 22.3. The number of ether oxygens (including phenoxy) is 1. The van der Waals surface area contributed by atoms with Crippen LogP contribution >= 0.6 is 11.3 Å². The molecule has 0 atom stereocenters. The van der Waals surface area contributed by atoms with Crippen molar-refractivity contribution < 1.29 is 17.9 Å². The van der Waals surface area contributed by atoms with Crippen molar-refractivity contribution in [2.45, 2.75) is 24.4 Å². The lowest BCUT2D eigenvalue weighted by Crippen LogP contribution is -2.43. The number of hydrogen-bond donors (Lipinski definition) is 0. The molecule has 32 heavy (non-hydrogen) atoms. The third kappa shape index (κ3) is 3.88. The Morgan fingerprint density at radius 2 is 1.78 bits per heavy atom. The van der Waals surface area contributed by atoms with Gasteiger partial charge in [-0.25, -0.2) is 8.42 Å². The molecule has 1 fully saturated rings. The smallest absolute Gasteiger partial charge is 0.308 e. The van der Waals surface area contributed by atoms with E-state index >= 15 is 0 Å². The van der Waals surface area contributed by atoms with E-state index in [1.807, 2.05) is 24.3 Å². The molecule has 0 saturated carbocycles. The highest BCUT2D eigenvalue weighted by molar-refractivity contribution is 7.89. The molecular formula is C22H23N3O5S2. The minimum Gasteiger partial charge on any atom is -0.378 e. The number of carbonyl (C=O) groups excluding carboxylic acids is 1. The Labute approximate surface area is 189 Å². The maximum atomic E-state index is 13.3. The van der Waals surface area contributed by atoms with Gasteiger partial charge in [0.1, 0.15) is 6.54 Å². The number of aromatic nitrogens is 1. The van der Waals surface area contributed by atoms with E-state index in [2.05, 4.69) is 0 Å². The molecule has 3 aromatic rings. The van der Waals surface area contributed by atoms with E-state index in [1.54, 1.807) is 17.0 Å². The van der Waals surface area contributed by atoms with E-state index < -0.39 is 10.0 Å². The number of fused-ring (bicyclic) bond motifs is 2. The van der Waals surface area contributed by atoms with Crippen molar-refractivity contribution >= 4 is 37.5 Å². The van der Waals surface area contributed by atoms with Gasteiger partial charge in [-0.15, -0.1) is 0 Å². The van der Waals surface area contributed by atoms with Gasteiger partial charge in [0.05, 0.1) is 28.3 Å². The summed E-state index contributed by atoms with van der Waals surface area (Å²) in [4.78, 5) is 26.8. The third-order valence-corrected chi connectivity index (χ3v) is 8.81. The van der Waals surface area contributed by atoms with Gasteiger partial charge in [0.15, 0.2) is 0 Å². The van der Waals surface area contributed by atoms with Crippen molar-refractivity contribution in [1.29, 1.82) is 0 Å². The number of benzene rings is 2. The van der Waals surface area contributed by atoms with Crippen LogP contribution in [0.25, 0.3) is 10.2 Å². The lowest BCUT2D eigenvalue weighted by atomic mass is 10.0. The Hall–Kier alpha value is -2.53. The van der Waals surface area contributed by atoms with Gasteiger partial charge in [0.25, 0.3) is 0 Å². The summed E-state index contributed by atoms with van der Waals surface area (Å²) < 4.78 is 35.3. The summed E-state index contributed by atoms with van der Waals surface area (Å²) in [6.07, 6.45) is 0.672. The van der Waals surface area contributed by atoms with Crippen molar-refractivity contribution in [3.05, 3.63) is 63.3 Å². The van der Waals surface area contributed by atoms with E-state index in [4.69, 9.17) is 4.74 Å². The second-order valence-corrected chi connectivity index (χ2v) is 10.9. The van der Waals surface area contributed by atoms with Crippen LogP contribution in [0.2, 0.25) is 0 Å². The van der Waals surface area contributed by atoms with Crippen LogP contribution in [0.5, 0.6) is 0 Å². The van der Waals surface area contributed by atoms with E-state index in [-0.39, 0.29) is 22.2 Å². The molecule has 1 amide bonds. The average molecular weight is 474 g/mol. The maximum Gasteiger partial charge on any atom is 0.308 e. The Balaban J connectivity index is 1.42. The fraction of sp³-hybridized carbons (Fsp3) is 0.364. The van der Waals surface area contributed by atoms with Gasteiger partial charge < -0.3 is 9.64 Å². The second-order valence-electron chi connectivity index (χ2n) is 7.93. The van der Waals surface area contributed by atoms with E-state index in [9.17, 15) is 18.0 Å². The number of morpholine rings is 1. The van der Waals surface area contributed by atoms with Crippen molar-refractivity contribution in [2.75, 3.05) is 32.8 Å². The molecule has 0 spiro atoms. The molecule has 5 rings (SSSR count). The lowest BCUT2D eigenvalue weighted by Gasteiger charge is -2.28. The van der Waals surface area contributed by atoms with Crippen LogP contribution in [0, 0.1) is 0 Å². The molecule has 2 aliphatic heterocycles. The van der Waals surface area contributed by atoms with Crippen LogP contribution in [0.3, 0.4) is 0 Å². The van der Waals surface area contributed by atoms with Crippen molar-refractivity contribution in [1.82, 2.24) is 13.8 Å². The summed E-state index contributed by atoms with van der Waals surface area (Å²) in [5, 5.41) is 0. The van der Waals surface area contributed by atoms with Gasteiger partial charge in [-0.05, 0) is 35.7 Å². The SMILES string of the molecule is O=C(Cn1c(=O)sc2cc(S(=O)(=O)N3CCc4ccccc4C3)ccc21)N1CCOCC1. The van der Waals surface area contributed by atoms with Gasteiger partial charge in [0, 0.05) is 26.2 Å². The third-order valence-electron chi connectivity index (χ3n) is 6.03. The first-order chi connectivity index (χ1) is 15.4. The molecule has 8 nitrogen and oxygen atoms in total. The maximum absolute atomic E-state index is 13.3. The molecule has 1 saturated heterocycles. The van der Waals surface area contributed by atoms with Gasteiger partial charge in [-0.3, -0.25) is 14.2 Å². The highest BCUT2D eigenvalue weighted by Crippen LogP contribution is 2.28. The molecule has 10 heteroatoms.